The van der Waals surface area contributed by atoms with Crippen LogP contribution in [0.4, 0.5) is 8.78 Å². The maximum Gasteiger partial charge on any atom is 0.401 e. The molecule has 2 aromatic carbocycles. The van der Waals surface area contributed by atoms with E-state index in [1.807, 2.05) is 43.3 Å². The number of aryl methyl sites for hydroxylation is 1. The van der Waals surface area contributed by atoms with Crippen LogP contribution < -0.4 is 4.74 Å². The molecular weight excluding hydrogens is 330 g/mol. The summed E-state index contributed by atoms with van der Waals surface area (Å²) >= 11 is 0. The highest BCUT2D eigenvalue weighted by Gasteiger charge is 2.50. The topological polar surface area (TPSA) is 9.23 Å². The summed E-state index contributed by atoms with van der Waals surface area (Å²) in [5.41, 5.74) is 4.03. The SMILES string of the molecule is Cc1ccc(-c2ccc3c(c2)OC(F)(F)C(C2CCC(C)CC2)C3)cc1. The number of halogens is 2. The van der Waals surface area contributed by atoms with E-state index in [4.69, 9.17) is 4.74 Å². The molecule has 0 bridgehead atoms. The Morgan fingerprint density at radius 3 is 2.27 bits per heavy atom. The van der Waals surface area contributed by atoms with Gasteiger partial charge < -0.3 is 4.74 Å². The molecule has 1 nitrogen and oxygen atoms in total. The van der Waals surface area contributed by atoms with E-state index in [9.17, 15) is 8.78 Å². The highest BCUT2D eigenvalue weighted by atomic mass is 19.3. The third kappa shape index (κ3) is 3.36. The van der Waals surface area contributed by atoms with Crippen LogP contribution in [0.5, 0.6) is 5.75 Å². The highest BCUT2D eigenvalue weighted by Crippen LogP contribution is 2.47. The quantitative estimate of drug-likeness (QED) is 0.586. The molecule has 1 atom stereocenters. The molecule has 4 rings (SSSR count). The largest absolute Gasteiger partial charge is 0.432 e. The smallest absolute Gasteiger partial charge is 0.401 e. The molecule has 0 radical (unpaired) electrons. The molecule has 0 N–H and O–H groups in total. The van der Waals surface area contributed by atoms with E-state index < -0.39 is 12.0 Å². The van der Waals surface area contributed by atoms with Gasteiger partial charge in [0.2, 0.25) is 0 Å². The molecule has 26 heavy (non-hydrogen) atoms. The number of hydrogen-bond acceptors (Lipinski definition) is 1. The Morgan fingerprint density at radius 2 is 1.58 bits per heavy atom. The van der Waals surface area contributed by atoms with Crippen LogP contribution in [0.1, 0.15) is 43.7 Å². The first-order chi connectivity index (χ1) is 12.4. The second kappa shape index (κ2) is 6.68. The minimum absolute atomic E-state index is 0.0612. The van der Waals surface area contributed by atoms with Crippen LogP contribution in [0.15, 0.2) is 42.5 Å². The Balaban J connectivity index is 1.60. The Hall–Kier alpha value is -1.90. The van der Waals surface area contributed by atoms with Crippen molar-refractivity contribution < 1.29 is 13.5 Å². The van der Waals surface area contributed by atoms with Crippen molar-refractivity contribution in [1.82, 2.24) is 0 Å². The lowest BCUT2D eigenvalue weighted by Crippen LogP contribution is -2.44. The third-order valence-corrected chi connectivity index (χ3v) is 6.20. The molecule has 3 heteroatoms. The number of hydrogen-bond donors (Lipinski definition) is 0. The van der Waals surface area contributed by atoms with Crippen LogP contribution in [-0.4, -0.2) is 6.11 Å². The summed E-state index contributed by atoms with van der Waals surface area (Å²) in [6.07, 6.45) is 1.22. The van der Waals surface area contributed by atoms with E-state index in [0.717, 1.165) is 42.4 Å². The van der Waals surface area contributed by atoms with Crippen molar-refractivity contribution in [3.63, 3.8) is 0 Å². The van der Waals surface area contributed by atoms with Gasteiger partial charge in [-0.05, 0) is 60.8 Å². The van der Waals surface area contributed by atoms with Crippen LogP contribution >= 0.6 is 0 Å². The summed E-state index contributed by atoms with van der Waals surface area (Å²) in [6.45, 7) is 4.25. The van der Waals surface area contributed by atoms with E-state index in [1.54, 1.807) is 6.07 Å². The van der Waals surface area contributed by atoms with Gasteiger partial charge in [-0.25, -0.2) is 0 Å². The lowest BCUT2D eigenvalue weighted by molar-refractivity contribution is -0.238. The predicted octanol–water partition coefficient (Wildman–Crippen LogP) is 6.63. The van der Waals surface area contributed by atoms with E-state index in [0.29, 0.717) is 18.1 Å². The lowest BCUT2D eigenvalue weighted by Gasteiger charge is -2.40. The van der Waals surface area contributed by atoms with Gasteiger partial charge in [0.05, 0.1) is 5.92 Å². The van der Waals surface area contributed by atoms with Crippen LogP contribution in [0.2, 0.25) is 0 Å². The molecule has 1 heterocycles. The van der Waals surface area contributed by atoms with Gasteiger partial charge >= 0.3 is 6.11 Å². The summed E-state index contributed by atoms with van der Waals surface area (Å²) in [5.74, 6) is 0.362. The zero-order valence-corrected chi connectivity index (χ0v) is 15.5. The fourth-order valence-corrected chi connectivity index (χ4v) is 4.45. The van der Waals surface area contributed by atoms with Crippen molar-refractivity contribution in [3.8, 4) is 16.9 Å². The fourth-order valence-electron chi connectivity index (χ4n) is 4.45. The molecule has 2 aliphatic rings. The van der Waals surface area contributed by atoms with Gasteiger partial charge in [0, 0.05) is 0 Å². The second-order valence-electron chi connectivity index (χ2n) is 8.18. The van der Waals surface area contributed by atoms with E-state index in [1.165, 1.54) is 5.56 Å². The fraction of sp³-hybridized carbons (Fsp3) is 0.478. The maximum atomic E-state index is 14.8. The Labute approximate surface area is 154 Å². The van der Waals surface area contributed by atoms with Gasteiger partial charge in [-0.2, -0.15) is 8.78 Å². The first kappa shape index (κ1) is 17.5. The van der Waals surface area contributed by atoms with Crippen LogP contribution in [0.3, 0.4) is 0 Å². The maximum absolute atomic E-state index is 14.8. The summed E-state index contributed by atoms with van der Waals surface area (Å²) < 4.78 is 34.9. The van der Waals surface area contributed by atoms with Crippen molar-refractivity contribution in [1.29, 1.82) is 0 Å². The zero-order valence-electron chi connectivity index (χ0n) is 15.5. The average molecular weight is 356 g/mol. The number of fused-ring (bicyclic) bond motifs is 1. The minimum atomic E-state index is -3.08. The summed E-state index contributed by atoms with van der Waals surface area (Å²) in [7, 11) is 0. The second-order valence-corrected chi connectivity index (χ2v) is 8.18. The summed E-state index contributed by atoms with van der Waals surface area (Å²) in [5, 5.41) is 0. The molecule has 1 aliphatic heterocycles. The normalized spacial score (nSPS) is 27.5. The van der Waals surface area contributed by atoms with E-state index >= 15 is 0 Å². The molecule has 1 unspecified atom stereocenters. The zero-order chi connectivity index (χ0) is 18.3. The van der Waals surface area contributed by atoms with Crippen molar-refractivity contribution in [3.05, 3.63) is 53.6 Å². The Bertz CT molecular complexity index is 773. The molecule has 0 aromatic heterocycles. The number of rotatable bonds is 2. The monoisotopic (exact) mass is 356 g/mol. The molecule has 138 valence electrons. The number of alkyl halides is 2. The van der Waals surface area contributed by atoms with Gasteiger partial charge in [0.25, 0.3) is 0 Å². The molecular formula is C23H26F2O. The Kier molecular flexibility index (Phi) is 4.50. The Morgan fingerprint density at radius 1 is 0.923 bits per heavy atom. The first-order valence-corrected chi connectivity index (χ1v) is 9.69. The molecule has 0 spiro atoms. The van der Waals surface area contributed by atoms with Gasteiger partial charge in [0.1, 0.15) is 5.75 Å². The van der Waals surface area contributed by atoms with Crippen molar-refractivity contribution in [2.24, 2.45) is 17.8 Å². The molecule has 1 aliphatic carbocycles. The predicted molar refractivity (Wildman–Crippen MR) is 101 cm³/mol. The first-order valence-electron chi connectivity index (χ1n) is 9.69. The van der Waals surface area contributed by atoms with Gasteiger partial charge in [-0.15, -0.1) is 0 Å². The van der Waals surface area contributed by atoms with E-state index in [2.05, 4.69) is 6.92 Å². The van der Waals surface area contributed by atoms with Crippen LogP contribution in [0.25, 0.3) is 11.1 Å². The van der Waals surface area contributed by atoms with Crippen LogP contribution in [-0.2, 0) is 6.42 Å². The highest BCUT2D eigenvalue weighted by molar-refractivity contribution is 5.66. The lowest BCUT2D eigenvalue weighted by atomic mass is 9.73. The number of benzene rings is 2. The summed E-state index contributed by atoms with van der Waals surface area (Å²) in [6, 6.07) is 13.9. The van der Waals surface area contributed by atoms with Crippen molar-refractivity contribution >= 4 is 0 Å². The number of ether oxygens (including phenoxy) is 1. The third-order valence-electron chi connectivity index (χ3n) is 6.20. The standard InChI is InChI=1S/C23H26F2O/c1-15-3-7-17(8-4-15)19-11-12-20-13-21(18-9-5-16(2)6-10-18)23(24,25)26-22(20)14-19/h3-4,7-8,11-12,14,16,18,21H,5-6,9-10,13H2,1-2H3. The van der Waals surface area contributed by atoms with Gasteiger partial charge in [-0.1, -0.05) is 61.7 Å². The van der Waals surface area contributed by atoms with Crippen molar-refractivity contribution in [2.45, 2.75) is 52.1 Å². The van der Waals surface area contributed by atoms with Crippen molar-refractivity contribution in [2.75, 3.05) is 0 Å². The molecule has 1 saturated carbocycles. The molecule has 1 fully saturated rings. The minimum Gasteiger partial charge on any atom is -0.432 e. The van der Waals surface area contributed by atoms with Gasteiger partial charge in [-0.3, -0.25) is 0 Å². The summed E-state index contributed by atoms with van der Waals surface area (Å²) in [4.78, 5) is 0. The average Bonchev–Trinajstić information content (AvgIpc) is 2.61. The van der Waals surface area contributed by atoms with Gasteiger partial charge in [0.15, 0.2) is 0 Å². The van der Waals surface area contributed by atoms with Crippen LogP contribution in [0, 0.1) is 24.7 Å². The molecule has 2 aromatic rings. The molecule has 0 amide bonds. The van der Waals surface area contributed by atoms with E-state index in [-0.39, 0.29) is 5.92 Å². The molecule has 0 saturated heterocycles.